The first-order valence-electron chi connectivity index (χ1n) is 5.50. The molecule has 0 bridgehead atoms. The molecular weight excluding hydrogens is 366 g/mol. The second-order valence-electron chi connectivity index (χ2n) is 4.06. The fourth-order valence-corrected chi connectivity index (χ4v) is 3.12. The highest BCUT2D eigenvalue weighted by molar-refractivity contribution is 9.10. The van der Waals surface area contributed by atoms with Crippen LogP contribution in [-0.4, -0.2) is 13.4 Å². The maximum absolute atomic E-state index is 12.3. The van der Waals surface area contributed by atoms with Gasteiger partial charge in [-0.3, -0.25) is 4.72 Å². The van der Waals surface area contributed by atoms with Crippen LogP contribution in [0.5, 0.6) is 0 Å². The highest BCUT2D eigenvalue weighted by Gasteiger charge is 2.16. The zero-order chi connectivity index (χ0) is 14.9. The third-order valence-corrected chi connectivity index (χ3v) is 4.87. The summed E-state index contributed by atoms with van der Waals surface area (Å²) in [4.78, 5) is 4.07. The Kier molecular flexibility index (Phi) is 4.22. The predicted molar refractivity (Wildman–Crippen MR) is 83.3 cm³/mol. The Bertz CT molecular complexity index is 765. The maximum atomic E-state index is 12.3. The molecule has 2 rings (SSSR count). The fourth-order valence-electron chi connectivity index (χ4n) is 1.53. The van der Waals surface area contributed by atoms with Crippen LogP contribution in [0.15, 0.2) is 39.7 Å². The largest absolute Gasteiger partial charge is 0.398 e. The van der Waals surface area contributed by atoms with E-state index in [2.05, 4.69) is 25.6 Å². The van der Waals surface area contributed by atoms with Crippen molar-refractivity contribution in [3.63, 3.8) is 0 Å². The monoisotopic (exact) mass is 375 g/mol. The number of hydrogen-bond donors (Lipinski definition) is 2. The summed E-state index contributed by atoms with van der Waals surface area (Å²) in [5, 5.41) is 0.304. The molecule has 1 aromatic carbocycles. The summed E-state index contributed by atoms with van der Waals surface area (Å²) in [6.45, 7) is 1.67. The van der Waals surface area contributed by atoms with Crippen LogP contribution in [0.4, 0.5) is 11.4 Å². The first-order chi connectivity index (χ1) is 9.29. The minimum absolute atomic E-state index is 0.0764. The number of nitrogens with one attached hydrogen (secondary N) is 1. The Hall–Kier alpha value is -1.31. The van der Waals surface area contributed by atoms with Crippen LogP contribution in [0.25, 0.3) is 0 Å². The number of hydrogen-bond acceptors (Lipinski definition) is 4. The SMILES string of the molecule is Cc1nc(Cl)ccc1NS(=O)(=O)c1ccc(Br)c(N)c1. The van der Waals surface area contributed by atoms with E-state index in [1.807, 2.05) is 0 Å². The van der Waals surface area contributed by atoms with Crippen LogP contribution in [0.2, 0.25) is 5.15 Å². The summed E-state index contributed by atoms with van der Waals surface area (Å²) in [5.41, 5.74) is 6.90. The first kappa shape index (κ1) is 15.1. The molecule has 0 aliphatic rings. The number of nitrogens with two attached hydrogens (primary N) is 1. The molecule has 0 aliphatic carbocycles. The van der Waals surface area contributed by atoms with Crippen molar-refractivity contribution < 1.29 is 8.42 Å². The van der Waals surface area contributed by atoms with E-state index in [1.54, 1.807) is 19.1 Å². The third-order valence-electron chi connectivity index (χ3n) is 2.57. The standard InChI is InChI=1S/C12H11BrClN3O2S/c1-7-11(4-5-12(14)16-7)17-20(18,19)8-2-3-9(13)10(15)6-8/h2-6,17H,15H2,1H3. The maximum Gasteiger partial charge on any atom is 0.262 e. The topological polar surface area (TPSA) is 85.1 Å². The van der Waals surface area contributed by atoms with Gasteiger partial charge >= 0.3 is 0 Å². The van der Waals surface area contributed by atoms with Crippen LogP contribution < -0.4 is 10.5 Å². The third kappa shape index (κ3) is 3.23. The van der Waals surface area contributed by atoms with E-state index in [0.717, 1.165) is 0 Å². The molecule has 106 valence electrons. The quantitative estimate of drug-likeness (QED) is 0.636. The molecule has 0 spiro atoms. The van der Waals surface area contributed by atoms with Gasteiger partial charge in [0.15, 0.2) is 0 Å². The predicted octanol–water partition coefficient (Wildman–Crippen LogP) is 3.19. The van der Waals surface area contributed by atoms with Crippen molar-refractivity contribution in [3.8, 4) is 0 Å². The van der Waals surface area contributed by atoms with Crippen molar-refractivity contribution in [2.75, 3.05) is 10.5 Å². The Morgan fingerprint density at radius 1 is 1.30 bits per heavy atom. The molecule has 0 amide bonds. The number of aromatic nitrogens is 1. The summed E-state index contributed by atoms with van der Waals surface area (Å²) in [7, 11) is -3.72. The van der Waals surface area contributed by atoms with E-state index in [9.17, 15) is 8.42 Å². The molecule has 0 fully saturated rings. The highest BCUT2D eigenvalue weighted by Crippen LogP contribution is 2.25. The zero-order valence-corrected chi connectivity index (χ0v) is 13.6. The van der Waals surface area contributed by atoms with Gasteiger partial charge in [0.2, 0.25) is 0 Å². The summed E-state index contributed by atoms with van der Waals surface area (Å²) in [6, 6.07) is 7.50. The van der Waals surface area contributed by atoms with Crippen LogP contribution >= 0.6 is 27.5 Å². The highest BCUT2D eigenvalue weighted by atomic mass is 79.9. The van der Waals surface area contributed by atoms with E-state index in [1.165, 1.54) is 18.2 Å². The zero-order valence-electron chi connectivity index (χ0n) is 10.4. The van der Waals surface area contributed by atoms with Crippen LogP contribution in [0.3, 0.4) is 0 Å². The van der Waals surface area contributed by atoms with Gasteiger partial charge in [0.1, 0.15) is 5.15 Å². The number of nitrogens with zero attached hydrogens (tertiary/aromatic N) is 1. The van der Waals surface area contributed by atoms with Gasteiger partial charge in [0.05, 0.1) is 16.3 Å². The Morgan fingerprint density at radius 2 is 2.00 bits per heavy atom. The second kappa shape index (κ2) is 5.59. The van der Waals surface area contributed by atoms with Gasteiger partial charge in [-0.2, -0.15) is 0 Å². The molecule has 8 heteroatoms. The Balaban J connectivity index is 2.38. The molecule has 20 heavy (non-hydrogen) atoms. The molecule has 2 aromatic rings. The van der Waals surface area contributed by atoms with Crippen LogP contribution in [-0.2, 0) is 10.0 Å². The summed E-state index contributed by atoms with van der Waals surface area (Å²) >= 11 is 8.95. The molecule has 0 unspecified atom stereocenters. The fraction of sp³-hybridized carbons (Fsp3) is 0.0833. The minimum atomic E-state index is -3.72. The van der Waals surface area contributed by atoms with E-state index >= 15 is 0 Å². The minimum Gasteiger partial charge on any atom is -0.398 e. The van der Waals surface area contributed by atoms with Gasteiger partial charge < -0.3 is 5.73 Å². The molecule has 0 saturated carbocycles. The van der Waals surface area contributed by atoms with Gasteiger partial charge in [-0.25, -0.2) is 13.4 Å². The van der Waals surface area contributed by atoms with E-state index in [4.69, 9.17) is 17.3 Å². The normalized spacial score (nSPS) is 11.3. The second-order valence-corrected chi connectivity index (χ2v) is 6.98. The molecule has 0 radical (unpaired) electrons. The van der Waals surface area contributed by atoms with Crippen molar-refractivity contribution in [1.82, 2.24) is 4.98 Å². The smallest absolute Gasteiger partial charge is 0.262 e. The molecule has 0 atom stereocenters. The lowest BCUT2D eigenvalue weighted by Crippen LogP contribution is -2.14. The van der Waals surface area contributed by atoms with Crippen LogP contribution in [0, 0.1) is 6.92 Å². The first-order valence-corrected chi connectivity index (χ1v) is 8.16. The number of aryl methyl sites for hydroxylation is 1. The number of anilines is 2. The van der Waals surface area contributed by atoms with Crippen molar-refractivity contribution in [1.29, 1.82) is 0 Å². The summed E-state index contributed by atoms with van der Waals surface area (Å²) in [5.74, 6) is 0. The summed E-state index contributed by atoms with van der Waals surface area (Å²) < 4.78 is 27.6. The van der Waals surface area contributed by atoms with Crippen molar-refractivity contribution in [3.05, 3.63) is 45.7 Å². The van der Waals surface area contributed by atoms with Gasteiger partial charge in [0.25, 0.3) is 10.0 Å². The molecule has 0 aliphatic heterocycles. The molecule has 0 saturated heterocycles. The lowest BCUT2D eigenvalue weighted by atomic mass is 10.3. The number of pyridine rings is 1. The molecule has 3 N–H and O–H groups in total. The van der Waals surface area contributed by atoms with Crippen molar-refractivity contribution >= 4 is 48.9 Å². The van der Waals surface area contributed by atoms with Gasteiger partial charge in [-0.15, -0.1) is 0 Å². The number of benzene rings is 1. The number of sulfonamides is 1. The average Bonchev–Trinajstić information content (AvgIpc) is 2.36. The van der Waals surface area contributed by atoms with E-state index in [0.29, 0.717) is 26.7 Å². The average molecular weight is 377 g/mol. The number of rotatable bonds is 3. The summed E-state index contributed by atoms with van der Waals surface area (Å²) in [6.07, 6.45) is 0. The molecule has 5 nitrogen and oxygen atoms in total. The molecule has 1 heterocycles. The Morgan fingerprint density at radius 3 is 2.60 bits per heavy atom. The van der Waals surface area contributed by atoms with Crippen molar-refractivity contribution in [2.45, 2.75) is 11.8 Å². The Labute approximate surface area is 130 Å². The van der Waals surface area contributed by atoms with Crippen LogP contribution in [0.1, 0.15) is 5.69 Å². The van der Waals surface area contributed by atoms with Gasteiger partial charge in [-0.1, -0.05) is 11.6 Å². The molecule has 1 aromatic heterocycles. The van der Waals surface area contributed by atoms with Gasteiger partial charge in [0, 0.05) is 10.2 Å². The number of halogens is 2. The molecular formula is C12H11BrClN3O2S. The van der Waals surface area contributed by atoms with E-state index < -0.39 is 10.0 Å². The van der Waals surface area contributed by atoms with E-state index in [-0.39, 0.29) is 4.90 Å². The number of nitrogen functional groups attached to an aromatic ring is 1. The lowest BCUT2D eigenvalue weighted by Gasteiger charge is -2.11. The van der Waals surface area contributed by atoms with Gasteiger partial charge in [-0.05, 0) is 53.2 Å². The lowest BCUT2D eigenvalue weighted by molar-refractivity contribution is 0.601. The van der Waals surface area contributed by atoms with Crippen molar-refractivity contribution in [2.24, 2.45) is 0 Å².